The number of rotatable bonds is 5. The van der Waals surface area contributed by atoms with E-state index in [2.05, 4.69) is 5.32 Å². The van der Waals surface area contributed by atoms with Crippen molar-refractivity contribution in [2.75, 3.05) is 31.7 Å². The van der Waals surface area contributed by atoms with Crippen molar-refractivity contribution in [1.29, 1.82) is 0 Å². The van der Waals surface area contributed by atoms with Crippen molar-refractivity contribution in [1.82, 2.24) is 0 Å². The standard InChI is InChI=1S/C14H19NO3/c1-2-14(16)11-3-5-12(6-4-11)15-9-13-10-17-7-8-18-13/h3-6,13,15H,2,7-10H2,1H3. The summed E-state index contributed by atoms with van der Waals surface area (Å²) in [5, 5.41) is 3.28. The van der Waals surface area contributed by atoms with E-state index in [1.807, 2.05) is 31.2 Å². The van der Waals surface area contributed by atoms with Crippen LogP contribution in [0.5, 0.6) is 0 Å². The molecule has 0 aliphatic carbocycles. The number of Topliss-reactive ketones (excluding diaryl/α,β-unsaturated/α-hetero) is 1. The lowest BCUT2D eigenvalue weighted by atomic mass is 10.1. The number of ketones is 1. The summed E-state index contributed by atoms with van der Waals surface area (Å²) in [5.41, 5.74) is 1.76. The van der Waals surface area contributed by atoms with Crippen LogP contribution in [0.3, 0.4) is 0 Å². The first-order valence-corrected chi connectivity index (χ1v) is 6.36. The van der Waals surface area contributed by atoms with Gasteiger partial charge in [-0.15, -0.1) is 0 Å². The van der Waals surface area contributed by atoms with Crippen molar-refractivity contribution < 1.29 is 14.3 Å². The van der Waals surface area contributed by atoms with E-state index < -0.39 is 0 Å². The highest BCUT2D eigenvalue weighted by Crippen LogP contribution is 2.12. The van der Waals surface area contributed by atoms with E-state index in [0.717, 1.165) is 17.8 Å². The van der Waals surface area contributed by atoms with Crippen LogP contribution in [-0.4, -0.2) is 38.3 Å². The maximum Gasteiger partial charge on any atom is 0.162 e. The van der Waals surface area contributed by atoms with Crippen LogP contribution in [0.4, 0.5) is 5.69 Å². The van der Waals surface area contributed by atoms with Gasteiger partial charge < -0.3 is 14.8 Å². The molecule has 0 bridgehead atoms. The van der Waals surface area contributed by atoms with Crippen LogP contribution in [0, 0.1) is 0 Å². The Kier molecular flexibility index (Phi) is 4.73. The van der Waals surface area contributed by atoms with Gasteiger partial charge in [-0.3, -0.25) is 4.79 Å². The minimum atomic E-state index is 0.107. The van der Waals surface area contributed by atoms with Gasteiger partial charge in [-0.25, -0.2) is 0 Å². The first-order chi connectivity index (χ1) is 8.79. The molecule has 1 N–H and O–H groups in total. The molecule has 1 aliphatic rings. The molecule has 1 saturated heterocycles. The number of benzene rings is 1. The largest absolute Gasteiger partial charge is 0.382 e. The highest BCUT2D eigenvalue weighted by atomic mass is 16.6. The number of hydrogen-bond donors (Lipinski definition) is 1. The molecule has 18 heavy (non-hydrogen) atoms. The maximum atomic E-state index is 11.5. The smallest absolute Gasteiger partial charge is 0.162 e. The van der Waals surface area contributed by atoms with Gasteiger partial charge in [-0.05, 0) is 24.3 Å². The zero-order valence-corrected chi connectivity index (χ0v) is 10.6. The summed E-state index contributed by atoms with van der Waals surface area (Å²) in [7, 11) is 0. The Balaban J connectivity index is 1.84. The molecule has 0 saturated carbocycles. The van der Waals surface area contributed by atoms with Gasteiger partial charge in [0, 0.05) is 24.2 Å². The molecule has 2 rings (SSSR count). The van der Waals surface area contributed by atoms with Gasteiger partial charge in [0.1, 0.15) is 0 Å². The van der Waals surface area contributed by atoms with Gasteiger partial charge in [0.05, 0.1) is 25.9 Å². The predicted octanol–water partition coefficient (Wildman–Crippen LogP) is 2.11. The van der Waals surface area contributed by atoms with Crippen molar-refractivity contribution in [3.63, 3.8) is 0 Å². The van der Waals surface area contributed by atoms with E-state index in [9.17, 15) is 4.79 Å². The number of hydrogen-bond acceptors (Lipinski definition) is 4. The van der Waals surface area contributed by atoms with E-state index >= 15 is 0 Å². The fourth-order valence-electron chi connectivity index (χ4n) is 1.86. The molecule has 1 heterocycles. The Morgan fingerprint density at radius 2 is 2.11 bits per heavy atom. The lowest BCUT2D eigenvalue weighted by Gasteiger charge is -2.23. The Labute approximate surface area is 107 Å². The fraction of sp³-hybridized carbons (Fsp3) is 0.500. The van der Waals surface area contributed by atoms with Gasteiger partial charge in [0.15, 0.2) is 5.78 Å². The van der Waals surface area contributed by atoms with Crippen molar-refractivity contribution >= 4 is 11.5 Å². The number of carbonyl (C=O) groups is 1. The molecule has 1 atom stereocenters. The van der Waals surface area contributed by atoms with Crippen molar-refractivity contribution in [3.05, 3.63) is 29.8 Å². The quantitative estimate of drug-likeness (QED) is 0.812. The number of carbonyl (C=O) groups excluding carboxylic acids is 1. The van der Waals surface area contributed by atoms with Crippen molar-refractivity contribution in [3.8, 4) is 0 Å². The second kappa shape index (κ2) is 6.52. The Bertz CT molecular complexity index is 383. The summed E-state index contributed by atoms with van der Waals surface area (Å²) in [4.78, 5) is 11.5. The first-order valence-electron chi connectivity index (χ1n) is 6.36. The molecule has 0 aromatic heterocycles. The van der Waals surface area contributed by atoms with E-state index in [1.54, 1.807) is 0 Å². The Morgan fingerprint density at radius 1 is 1.33 bits per heavy atom. The molecule has 0 radical (unpaired) electrons. The molecule has 0 amide bonds. The molecule has 1 aromatic carbocycles. The average molecular weight is 249 g/mol. The van der Waals surface area contributed by atoms with Gasteiger partial charge >= 0.3 is 0 Å². The predicted molar refractivity (Wildman–Crippen MR) is 70.1 cm³/mol. The van der Waals surface area contributed by atoms with E-state index in [1.165, 1.54) is 0 Å². The van der Waals surface area contributed by atoms with Gasteiger partial charge in [0.2, 0.25) is 0 Å². The minimum Gasteiger partial charge on any atom is -0.382 e. The van der Waals surface area contributed by atoms with Crippen LogP contribution < -0.4 is 5.32 Å². The van der Waals surface area contributed by atoms with Gasteiger partial charge in [0.25, 0.3) is 0 Å². The highest BCUT2D eigenvalue weighted by molar-refractivity contribution is 5.96. The lowest BCUT2D eigenvalue weighted by molar-refractivity contribution is -0.0818. The topological polar surface area (TPSA) is 47.6 Å². The highest BCUT2D eigenvalue weighted by Gasteiger charge is 2.13. The molecule has 98 valence electrons. The first kappa shape index (κ1) is 13.1. The van der Waals surface area contributed by atoms with Gasteiger partial charge in [-0.2, -0.15) is 0 Å². The molecule has 4 heteroatoms. The van der Waals surface area contributed by atoms with E-state index in [0.29, 0.717) is 26.2 Å². The van der Waals surface area contributed by atoms with E-state index in [4.69, 9.17) is 9.47 Å². The van der Waals surface area contributed by atoms with Crippen LogP contribution in [0.15, 0.2) is 24.3 Å². The summed E-state index contributed by atoms with van der Waals surface area (Å²) in [6.45, 7) is 4.58. The monoisotopic (exact) mass is 249 g/mol. The molecular weight excluding hydrogens is 230 g/mol. The van der Waals surface area contributed by atoms with Crippen LogP contribution in [0.2, 0.25) is 0 Å². The number of nitrogens with one attached hydrogen (secondary N) is 1. The summed E-state index contributed by atoms with van der Waals surface area (Å²) in [6.07, 6.45) is 0.649. The third-order valence-corrected chi connectivity index (χ3v) is 2.95. The minimum absolute atomic E-state index is 0.107. The van der Waals surface area contributed by atoms with E-state index in [-0.39, 0.29) is 11.9 Å². The summed E-state index contributed by atoms with van der Waals surface area (Å²) in [5.74, 6) is 0.172. The SMILES string of the molecule is CCC(=O)c1ccc(NCC2COCCO2)cc1. The fourth-order valence-corrected chi connectivity index (χ4v) is 1.86. The number of anilines is 1. The van der Waals surface area contributed by atoms with Crippen LogP contribution in [0.1, 0.15) is 23.7 Å². The van der Waals surface area contributed by atoms with Crippen LogP contribution in [0.25, 0.3) is 0 Å². The third kappa shape index (κ3) is 3.55. The molecule has 1 unspecified atom stereocenters. The molecular formula is C14H19NO3. The van der Waals surface area contributed by atoms with Crippen molar-refractivity contribution in [2.24, 2.45) is 0 Å². The summed E-state index contributed by atoms with van der Waals surface area (Å²) in [6, 6.07) is 7.55. The van der Waals surface area contributed by atoms with Crippen LogP contribution >= 0.6 is 0 Å². The Morgan fingerprint density at radius 3 is 2.72 bits per heavy atom. The second-order valence-electron chi connectivity index (χ2n) is 4.30. The zero-order valence-electron chi connectivity index (χ0n) is 10.6. The summed E-state index contributed by atoms with van der Waals surface area (Å²) >= 11 is 0. The normalized spacial score (nSPS) is 19.5. The molecule has 1 aromatic rings. The number of ether oxygens (including phenoxy) is 2. The average Bonchev–Trinajstić information content (AvgIpc) is 2.46. The zero-order chi connectivity index (χ0) is 12.8. The Hall–Kier alpha value is -1.39. The maximum absolute atomic E-state index is 11.5. The molecule has 1 fully saturated rings. The summed E-state index contributed by atoms with van der Waals surface area (Å²) < 4.78 is 10.9. The molecule has 0 spiro atoms. The third-order valence-electron chi connectivity index (χ3n) is 2.95. The lowest BCUT2D eigenvalue weighted by Crippen LogP contribution is -2.34. The van der Waals surface area contributed by atoms with Crippen molar-refractivity contribution in [2.45, 2.75) is 19.4 Å². The van der Waals surface area contributed by atoms with Gasteiger partial charge in [-0.1, -0.05) is 6.92 Å². The molecule has 4 nitrogen and oxygen atoms in total. The second-order valence-corrected chi connectivity index (χ2v) is 4.30. The molecule has 1 aliphatic heterocycles. The van der Waals surface area contributed by atoms with Crippen LogP contribution in [-0.2, 0) is 9.47 Å².